The van der Waals surface area contributed by atoms with E-state index in [4.69, 9.17) is 39.5 Å². The number of ether oxygens (including phenoxy) is 1. The monoisotopic (exact) mass is 395 g/mol. The van der Waals surface area contributed by atoms with Crippen LogP contribution < -0.4 is 15.4 Å². The molecule has 0 amide bonds. The van der Waals surface area contributed by atoms with Crippen molar-refractivity contribution in [3.8, 4) is 5.75 Å². The molecule has 0 saturated carbocycles. The quantitative estimate of drug-likeness (QED) is 0.568. The highest BCUT2D eigenvalue weighted by Gasteiger charge is 2.17. The fourth-order valence-corrected chi connectivity index (χ4v) is 2.78. The summed E-state index contributed by atoms with van der Waals surface area (Å²) in [5.41, 5.74) is 1.80. The van der Waals surface area contributed by atoms with E-state index in [2.05, 4.69) is 25.6 Å². The van der Waals surface area contributed by atoms with Gasteiger partial charge in [-0.3, -0.25) is 0 Å². The third-order valence-corrected chi connectivity index (χ3v) is 4.53. The predicted octanol–water partition coefficient (Wildman–Crippen LogP) is 5.33. The number of aromatic nitrogens is 3. The SMILES string of the molecule is COc1ccccc1Nc1cc(Cl)c(Cl)c(Cl)c1Nc1ncncn1. The van der Waals surface area contributed by atoms with Gasteiger partial charge in [0, 0.05) is 0 Å². The third kappa shape index (κ3) is 3.87. The molecule has 9 heteroatoms. The summed E-state index contributed by atoms with van der Waals surface area (Å²) in [5, 5.41) is 7.04. The molecule has 2 aromatic carbocycles. The normalized spacial score (nSPS) is 10.4. The van der Waals surface area contributed by atoms with Gasteiger partial charge < -0.3 is 15.4 Å². The van der Waals surface area contributed by atoms with Crippen molar-refractivity contribution in [3.63, 3.8) is 0 Å². The highest BCUT2D eigenvalue weighted by atomic mass is 35.5. The average Bonchev–Trinajstić information content (AvgIpc) is 2.64. The topological polar surface area (TPSA) is 72.0 Å². The maximum Gasteiger partial charge on any atom is 0.230 e. The Morgan fingerprint density at radius 3 is 2.36 bits per heavy atom. The van der Waals surface area contributed by atoms with Crippen LogP contribution in [-0.2, 0) is 0 Å². The Hall–Kier alpha value is -2.28. The highest BCUT2D eigenvalue weighted by Crippen LogP contribution is 2.44. The molecule has 0 saturated heterocycles. The number of hydrogen-bond acceptors (Lipinski definition) is 6. The number of anilines is 4. The van der Waals surface area contributed by atoms with Crippen molar-refractivity contribution >= 4 is 57.8 Å². The second kappa shape index (κ2) is 7.74. The van der Waals surface area contributed by atoms with Gasteiger partial charge in [0.05, 0.1) is 39.2 Å². The van der Waals surface area contributed by atoms with Gasteiger partial charge in [-0.2, -0.15) is 0 Å². The summed E-state index contributed by atoms with van der Waals surface area (Å²) in [6.07, 6.45) is 2.74. The fourth-order valence-electron chi connectivity index (χ4n) is 2.12. The maximum atomic E-state index is 6.37. The molecule has 0 spiro atoms. The minimum atomic E-state index is 0.227. The fraction of sp³-hybridized carbons (Fsp3) is 0.0625. The van der Waals surface area contributed by atoms with E-state index >= 15 is 0 Å². The number of rotatable bonds is 5. The molecule has 0 unspecified atom stereocenters. The molecular weight excluding hydrogens is 385 g/mol. The van der Waals surface area contributed by atoms with Crippen molar-refractivity contribution in [2.24, 2.45) is 0 Å². The lowest BCUT2D eigenvalue weighted by Gasteiger charge is -2.17. The molecule has 0 atom stereocenters. The average molecular weight is 397 g/mol. The Balaban J connectivity index is 2.05. The van der Waals surface area contributed by atoms with Crippen molar-refractivity contribution in [1.82, 2.24) is 15.0 Å². The van der Waals surface area contributed by atoms with Crippen LogP contribution in [0.15, 0.2) is 43.0 Å². The van der Waals surface area contributed by atoms with E-state index in [-0.39, 0.29) is 10.0 Å². The Labute approximate surface area is 159 Å². The molecular formula is C16H12Cl3N5O. The summed E-state index contributed by atoms with van der Waals surface area (Å²) in [6, 6.07) is 9.10. The minimum Gasteiger partial charge on any atom is -0.495 e. The zero-order valence-electron chi connectivity index (χ0n) is 12.9. The number of halogens is 3. The zero-order chi connectivity index (χ0) is 17.8. The van der Waals surface area contributed by atoms with Crippen LogP contribution in [0, 0.1) is 0 Å². The van der Waals surface area contributed by atoms with Crippen LogP contribution in [0.5, 0.6) is 5.75 Å². The summed E-state index contributed by atoms with van der Waals surface area (Å²) >= 11 is 18.7. The lowest BCUT2D eigenvalue weighted by Crippen LogP contribution is -2.03. The van der Waals surface area contributed by atoms with Crippen molar-refractivity contribution < 1.29 is 4.74 Å². The van der Waals surface area contributed by atoms with Crippen LogP contribution in [0.3, 0.4) is 0 Å². The molecule has 3 aromatic rings. The van der Waals surface area contributed by atoms with Gasteiger partial charge >= 0.3 is 0 Å². The smallest absolute Gasteiger partial charge is 0.230 e. The molecule has 2 N–H and O–H groups in total. The summed E-state index contributed by atoms with van der Waals surface area (Å²) in [6.45, 7) is 0. The summed E-state index contributed by atoms with van der Waals surface area (Å²) in [5.74, 6) is 0.981. The van der Waals surface area contributed by atoms with Crippen LogP contribution in [0.2, 0.25) is 15.1 Å². The summed E-state index contributed by atoms with van der Waals surface area (Å²) in [7, 11) is 1.59. The molecule has 0 fully saturated rings. The van der Waals surface area contributed by atoms with Gasteiger partial charge in [0.2, 0.25) is 5.95 Å². The zero-order valence-corrected chi connectivity index (χ0v) is 15.2. The summed E-state index contributed by atoms with van der Waals surface area (Å²) < 4.78 is 5.35. The van der Waals surface area contributed by atoms with Crippen LogP contribution in [0.4, 0.5) is 23.0 Å². The van der Waals surface area contributed by atoms with E-state index < -0.39 is 0 Å². The molecule has 6 nitrogen and oxygen atoms in total. The van der Waals surface area contributed by atoms with Gasteiger partial charge in [0.1, 0.15) is 18.4 Å². The van der Waals surface area contributed by atoms with E-state index in [9.17, 15) is 0 Å². The molecule has 0 radical (unpaired) electrons. The first kappa shape index (κ1) is 17.5. The molecule has 0 bridgehead atoms. The van der Waals surface area contributed by atoms with Crippen LogP contribution >= 0.6 is 34.8 Å². The molecule has 128 valence electrons. The van der Waals surface area contributed by atoms with Crippen molar-refractivity contribution in [1.29, 1.82) is 0 Å². The largest absolute Gasteiger partial charge is 0.495 e. The minimum absolute atomic E-state index is 0.227. The first-order valence-corrected chi connectivity index (χ1v) is 8.20. The molecule has 0 aliphatic heterocycles. The Kier molecular flexibility index (Phi) is 5.43. The number of para-hydroxylation sites is 2. The highest BCUT2D eigenvalue weighted by molar-refractivity contribution is 6.49. The van der Waals surface area contributed by atoms with Crippen molar-refractivity contribution in [2.75, 3.05) is 17.7 Å². The van der Waals surface area contributed by atoms with Gasteiger partial charge in [0.25, 0.3) is 0 Å². The van der Waals surface area contributed by atoms with Crippen LogP contribution in [-0.4, -0.2) is 22.1 Å². The molecule has 0 aliphatic carbocycles. The van der Waals surface area contributed by atoms with Crippen LogP contribution in [0.25, 0.3) is 0 Å². The number of methoxy groups -OCH3 is 1. The Morgan fingerprint density at radius 1 is 0.920 bits per heavy atom. The second-order valence-corrected chi connectivity index (χ2v) is 5.98. The van der Waals surface area contributed by atoms with E-state index in [0.717, 1.165) is 5.69 Å². The van der Waals surface area contributed by atoms with E-state index in [1.165, 1.54) is 12.7 Å². The molecule has 1 heterocycles. The van der Waals surface area contributed by atoms with E-state index in [1.807, 2.05) is 24.3 Å². The maximum absolute atomic E-state index is 6.37. The van der Waals surface area contributed by atoms with Gasteiger partial charge in [-0.05, 0) is 18.2 Å². The number of benzene rings is 2. The van der Waals surface area contributed by atoms with Crippen molar-refractivity contribution in [3.05, 3.63) is 58.1 Å². The van der Waals surface area contributed by atoms with Gasteiger partial charge in [0.15, 0.2) is 0 Å². The van der Waals surface area contributed by atoms with Crippen LogP contribution in [0.1, 0.15) is 0 Å². The van der Waals surface area contributed by atoms with Gasteiger partial charge in [-0.1, -0.05) is 46.9 Å². The van der Waals surface area contributed by atoms with Gasteiger partial charge in [-0.15, -0.1) is 0 Å². The lowest BCUT2D eigenvalue weighted by atomic mass is 10.2. The molecule has 3 rings (SSSR count). The molecule has 0 aliphatic rings. The first-order valence-electron chi connectivity index (χ1n) is 7.06. The Morgan fingerprint density at radius 2 is 1.64 bits per heavy atom. The van der Waals surface area contributed by atoms with Gasteiger partial charge in [-0.25, -0.2) is 15.0 Å². The standard InChI is InChI=1S/C16H12Cl3N5O/c1-25-12-5-3-2-4-10(12)23-11-6-9(17)13(18)14(19)15(11)24-16-21-7-20-8-22-16/h2-8,23H,1H3,(H,20,21,22,24). The first-order chi connectivity index (χ1) is 12.1. The summed E-state index contributed by atoms with van der Waals surface area (Å²) in [4.78, 5) is 11.8. The van der Waals surface area contributed by atoms with Crippen molar-refractivity contribution in [2.45, 2.75) is 0 Å². The van der Waals surface area contributed by atoms with E-state index in [1.54, 1.807) is 13.2 Å². The third-order valence-electron chi connectivity index (χ3n) is 3.27. The molecule has 25 heavy (non-hydrogen) atoms. The number of nitrogens with one attached hydrogen (secondary N) is 2. The lowest BCUT2D eigenvalue weighted by molar-refractivity contribution is 0.417. The number of hydrogen-bond donors (Lipinski definition) is 2. The predicted molar refractivity (Wildman–Crippen MR) is 101 cm³/mol. The van der Waals surface area contributed by atoms with E-state index in [0.29, 0.717) is 28.1 Å². The number of nitrogens with zero attached hydrogens (tertiary/aromatic N) is 3. The molecule has 1 aromatic heterocycles. The Bertz CT molecular complexity index is 892. The second-order valence-electron chi connectivity index (χ2n) is 4.82.